The van der Waals surface area contributed by atoms with E-state index in [1.54, 1.807) is 14.1 Å². The molecule has 23 heavy (non-hydrogen) atoms. The summed E-state index contributed by atoms with van der Waals surface area (Å²) in [4.78, 5) is 35.7. The molecule has 1 aromatic carbocycles. The molecule has 1 saturated carbocycles. The summed E-state index contributed by atoms with van der Waals surface area (Å²) in [6.45, 7) is 1.46. The number of benzene rings is 1. The van der Waals surface area contributed by atoms with Gasteiger partial charge in [0.15, 0.2) is 6.10 Å². The van der Waals surface area contributed by atoms with Gasteiger partial charge in [-0.25, -0.2) is 4.79 Å². The van der Waals surface area contributed by atoms with E-state index in [-0.39, 0.29) is 23.2 Å². The molecule has 1 aliphatic carbocycles. The van der Waals surface area contributed by atoms with Crippen LogP contribution in [0.5, 0.6) is 0 Å². The third kappa shape index (κ3) is 4.18. The molecule has 0 unspecified atom stereocenters. The summed E-state index contributed by atoms with van der Waals surface area (Å²) in [7, 11) is 3.10. The van der Waals surface area contributed by atoms with E-state index in [1.165, 1.54) is 30.0 Å². The number of rotatable bonds is 6. The van der Waals surface area contributed by atoms with Gasteiger partial charge in [-0.3, -0.25) is 14.9 Å². The lowest BCUT2D eigenvalue weighted by Gasteiger charge is -2.17. The Labute approximate surface area is 133 Å². The third-order valence-corrected chi connectivity index (χ3v) is 3.44. The minimum atomic E-state index is -0.958. The van der Waals surface area contributed by atoms with Crippen molar-refractivity contribution in [3.8, 4) is 0 Å². The molecule has 1 aromatic rings. The van der Waals surface area contributed by atoms with Crippen LogP contribution in [0.2, 0.25) is 0 Å². The van der Waals surface area contributed by atoms with Gasteiger partial charge in [0.25, 0.3) is 11.6 Å². The number of nitrogens with zero attached hydrogens (tertiary/aromatic N) is 2. The van der Waals surface area contributed by atoms with Crippen molar-refractivity contribution in [2.45, 2.75) is 31.9 Å². The molecule has 1 fully saturated rings. The van der Waals surface area contributed by atoms with Crippen LogP contribution >= 0.6 is 0 Å². The van der Waals surface area contributed by atoms with Gasteiger partial charge in [-0.1, -0.05) is 0 Å². The molecule has 1 aliphatic rings. The minimum absolute atomic E-state index is 0.0384. The first kappa shape index (κ1) is 16.7. The fraction of sp³-hybridized carbons (Fsp3) is 0.467. The van der Waals surface area contributed by atoms with Crippen molar-refractivity contribution in [2.75, 3.05) is 19.4 Å². The van der Waals surface area contributed by atoms with Crippen molar-refractivity contribution >= 4 is 23.3 Å². The average Bonchev–Trinajstić information content (AvgIpc) is 3.30. The Balaban J connectivity index is 2.15. The fourth-order valence-electron chi connectivity index (χ4n) is 2.02. The Hall–Kier alpha value is -2.64. The van der Waals surface area contributed by atoms with E-state index in [0.717, 1.165) is 12.8 Å². The zero-order valence-electron chi connectivity index (χ0n) is 13.2. The Morgan fingerprint density at radius 1 is 1.39 bits per heavy atom. The number of amides is 1. The van der Waals surface area contributed by atoms with Gasteiger partial charge in [-0.2, -0.15) is 0 Å². The van der Waals surface area contributed by atoms with Crippen LogP contribution in [0, 0.1) is 10.1 Å². The molecule has 0 aromatic heterocycles. The van der Waals surface area contributed by atoms with E-state index in [0.29, 0.717) is 5.69 Å². The molecule has 0 heterocycles. The highest BCUT2D eigenvalue weighted by Gasteiger charge is 2.26. The molecule has 0 radical (unpaired) electrons. The highest BCUT2D eigenvalue weighted by Crippen LogP contribution is 2.31. The Bertz CT molecular complexity index is 640. The number of esters is 1. The summed E-state index contributed by atoms with van der Waals surface area (Å²) in [5, 5.41) is 14.2. The second-order valence-corrected chi connectivity index (χ2v) is 5.69. The highest BCUT2D eigenvalue weighted by atomic mass is 16.6. The van der Waals surface area contributed by atoms with Crippen LogP contribution in [-0.4, -0.2) is 47.9 Å². The SMILES string of the molecule is C[C@@H](OC(=O)c1ccc(NC2CC2)c([N+](=O)[O-])c1)C(=O)N(C)C. The maximum Gasteiger partial charge on any atom is 0.339 e. The van der Waals surface area contributed by atoms with E-state index in [1.807, 2.05) is 0 Å². The quantitative estimate of drug-likeness (QED) is 0.487. The summed E-state index contributed by atoms with van der Waals surface area (Å²) in [5.41, 5.74) is 0.237. The van der Waals surface area contributed by atoms with Gasteiger partial charge in [-0.15, -0.1) is 0 Å². The van der Waals surface area contributed by atoms with Crippen molar-refractivity contribution in [3.05, 3.63) is 33.9 Å². The largest absolute Gasteiger partial charge is 0.449 e. The van der Waals surface area contributed by atoms with Gasteiger partial charge < -0.3 is 15.0 Å². The van der Waals surface area contributed by atoms with E-state index >= 15 is 0 Å². The van der Waals surface area contributed by atoms with Gasteiger partial charge >= 0.3 is 5.97 Å². The number of hydrogen-bond donors (Lipinski definition) is 1. The van der Waals surface area contributed by atoms with Crippen molar-refractivity contribution in [2.24, 2.45) is 0 Å². The molecule has 8 nitrogen and oxygen atoms in total. The predicted molar refractivity (Wildman–Crippen MR) is 83.3 cm³/mol. The monoisotopic (exact) mass is 321 g/mol. The van der Waals surface area contributed by atoms with Crippen molar-refractivity contribution in [1.82, 2.24) is 4.90 Å². The van der Waals surface area contributed by atoms with Gasteiger partial charge in [0.05, 0.1) is 10.5 Å². The molecule has 0 bridgehead atoms. The molecule has 2 rings (SSSR count). The number of carbonyl (C=O) groups is 2. The van der Waals surface area contributed by atoms with E-state index in [9.17, 15) is 19.7 Å². The van der Waals surface area contributed by atoms with E-state index in [4.69, 9.17) is 4.74 Å². The predicted octanol–water partition coefficient (Wildman–Crippen LogP) is 1.80. The van der Waals surface area contributed by atoms with Crippen LogP contribution in [0.1, 0.15) is 30.1 Å². The number of ether oxygens (including phenoxy) is 1. The van der Waals surface area contributed by atoms with Crippen LogP contribution in [0.4, 0.5) is 11.4 Å². The molecule has 0 aliphatic heterocycles. The molecule has 0 saturated heterocycles. The van der Waals surface area contributed by atoms with E-state index < -0.39 is 17.0 Å². The first-order chi connectivity index (χ1) is 10.8. The lowest BCUT2D eigenvalue weighted by molar-refractivity contribution is -0.384. The van der Waals surface area contributed by atoms with Crippen LogP contribution in [0.15, 0.2) is 18.2 Å². The molecular weight excluding hydrogens is 302 g/mol. The van der Waals surface area contributed by atoms with Crippen molar-refractivity contribution in [1.29, 1.82) is 0 Å². The third-order valence-electron chi connectivity index (χ3n) is 3.44. The second kappa shape index (κ2) is 6.64. The molecule has 8 heteroatoms. The van der Waals surface area contributed by atoms with Gasteiger partial charge in [-0.05, 0) is 31.9 Å². The van der Waals surface area contributed by atoms with Crippen LogP contribution < -0.4 is 5.32 Å². The van der Waals surface area contributed by atoms with Gasteiger partial charge in [0, 0.05) is 26.2 Å². The topological polar surface area (TPSA) is 102 Å². The van der Waals surface area contributed by atoms with E-state index in [2.05, 4.69) is 5.32 Å². The number of anilines is 1. The summed E-state index contributed by atoms with van der Waals surface area (Å²) < 4.78 is 5.05. The maximum atomic E-state index is 12.1. The standard InChI is InChI=1S/C15H19N3O5/c1-9(14(19)17(2)3)23-15(20)10-4-7-12(16-11-5-6-11)13(8-10)18(21)22/h4,7-9,11,16H,5-6H2,1-3H3/t9-/m1/s1. The van der Waals surface area contributed by atoms with Crippen LogP contribution in [0.3, 0.4) is 0 Å². The highest BCUT2D eigenvalue weighted by molar-refractivity contribution is 5.93. The first-order valence-corrected chi connectivity index (χ1v) is 7.26. The summed E-state index contributed by atoms with van der Waals surface area (Å²) in [6, 6.07) is 4.36. The molecule has 1 atom stereocenters. The van der Waals surface area contributed by atoms with Crippen LogP contribution in [-0.2, 0) is 9.53 Å². The second-order valence-electron chi connectivity index (χ2n) is 5.69. The smallest absolute Gasteiger partial charge is 0.339 e. The van der Waals surface area contributed by atoms with Gasteiger partial charge in [0.1, 0.15) is 5.69 Å². The molecule has 124 valence electrons. The zero-order valence-corrected chi connectivity index (χ0v) is 13.2. The number of nitro groups is 1. The maximum absolute atomic E-state index is 12.1. The number of likely N-dealkylation sites (N-methyl/N-ethyl adjacent to an activating group) is 1. The number of hydrogen-bond acceptors (Lipinski definition) is 6. The molecular formula is C15H19N3O5. The Morgan fingerprint density at radius 2 is 2.04 bits per heavy atom. The Kier molecular flexibility index (Phi) is 4.83. The van der Waals surface area contributed by atoms with Crippen LogP contribution in [0.25, 0.3) is 0 Å². The number of nitrogens with one attached hydrogen (secondary N) is 1. The average molecular weight is 321 g/mol. The Morgan fingerprint density at radius 3 is 2.57 bits per heavy atom. The van der Waals surface area contributed by atoms with Crippen molar-refractivity contribution in [3.63, 3.8) is 0 Å². The number of nitro benzene ring substituents is 1. The molecule has 1 amide bonds. The first-order valence-electron chi connectivity index (χ1n) is 7.26. The number of carbonyl (C=O) groups excluding carboxylic acids is 2. The van der Waals surface area contributed by atoms with Crippen molar-refractivity contribution < 1.29 is 19.2 Å². The lowest BCUT2D eigenvalue weighted by Crippen LogP contribution is -2.34. The summed E-state index contributed by atoms with van der Waals surface area (Å²) in [5.74, 6) is -1.13. The molecule has 0 spiro atoms. The lowest BCUT2D eigenvalue weighted by atomic mass is 10.1. The summed E-state index contributed by atoms with van der Waals surface area (Å²) >= 11 is 0. The zero-order chi connectivity index (χ0) is 17.1. The molecule has 1 N–H and O–H groups in total. The minimum Gasteiger partial charge on any atom is -0.449 e. The summed E-state index contributed by atoms with van der Waals surface area (Å²) in [6.07, 6.45) is 0.997. The fourth-order valence-corrected chi connectivity index (χ4v) is 2.02. The van der Waals surface area contributed by atoms with Gasteiger partial charge in [0.2, 0.25) is 0 Å². The normalized spacial score (nSPS) is 14.7.